The Balaban J connectivity index is 1.22. The maximum absolute atomic E-state index is 9.83. The first-order valence-electron chi connectivity index (χ1n) is 11.7. The number of hydrogen-bond acceptors (Lipinski definition) is 7. The van der Waals surface area contributed by atoms with Gasteiger partial charge in [-0.15, -0.1) is 11.3 Å². The molecule has 2 aromatic carbocycles. The van der Waals surface area contributed by atoms with Crippen LogP contribution in [-0.2, 0) is 13.2 Å². The van der Waals surface area contributed by atoms with Crippen LogP contribution in [0.2, 0.25) is 0 Å². The highest BCUT2D eigenvalue weighted by molar-refractivity contribution is 7.12. The fourth-order valence-corrected chi connectivity index (χ4v) is 5.26. The molecule has 2 aliphatic heterocycles. The summed E-state index contributed by atoms with van der Waals surface area (Å²) < 4.78 is 17.4. The molecule has 0 spiro atoms. The number of likely N-dealkylation sites (N-methyl/N-ethyl adjacent to an activating group) is 1. The lowest BCUT2D eigenvalue weighted by Gasteiger charge is -2.20. The molecule has 34 heavy (non-hydrogen) atoms. The summed E-state index contributed by atoms with van der Waals surface area (Å²) in [6, 6.07) is 16.7. The van der Waals surface area contributed by atoms with E-state index in [-0.39, 0.29) is 0 Å². The van der Waals surface area contributed by atoms with Gasteiger partial charge in [-0.3, -0.25) is 4.90 Å². The average Bonchev–Trinajstić information content (AvgIpc) is 3.18. The first kappa shape index (κ1) is 22.7. The van der Waals surface area contributed by atoms with Gasteiger partial charge >= 0.3 is 0 Å². The molecule has 176 valence electrons. The van der Waals surface area contributed by atoms with Gasteiger partial charge in [0.05, 0.1) is 0 Å². The van der Waals surface area contributed by atoms with Crippen molar-refractivity contribution in [2.24, 2.45) is 0 Å². The van der Waals surface area contributed by atoms with Gasteiger partial charge in [-0.2, -0.15) is 5.26 Å². The lowest BCUT2D eigenvalue weighted by atomic mass is 10.0. The summed E-state index contributed by atoms with van der Waals surface area (Å²) in [4.78, 5) is 4.93. The number of nitrogens with zero attached hydrogens (tertiary/aromatic N) is 3. The number of hydrogen-bond donors (Lipinski definition) is 0. The van der Waals surface area contributed by atoms with Gasteiger partial charge in [-0.05, 0) is 55.4 Å². The Kier molecular flexibility index (Phi) is 7.00. The molecule has 0 aliphatic carbocycles. The SMILES string of the molecule is CN1CCCN(Cc2ccc(COc3scc(-c4ccc5c(c4)OCCO5)c3C#N)cc2)CC1. The van der Waals surface area contributed by atoms with Crippen LogP contribution in [0.1, 0.15) is 23.1 Å². The third-order valence-electron chi connectivity index (χ3n) is 6.33. The van der Waals surface area contributed by atoms with Crippen LogP contribution in [0.15, 0.2) is 47.8 Å². The Morgan fingerprint density at radius 3 is 2.59 bits per heavy atom. The summed E-state index contributed by atoms with van der Waals surface area (Å²) in [6.07, 6.45) is 1.22. The summed E-state index contributed by atoms with van der Waals surface area (Å²) in [5, 5.41) is 12.4. The molecule has 5 rings (SSSR count). The fourth-order valence-electron chi connectivity index (χ4n) is 4.38. The van der Waals surface area contributed by atoms with Crippen LogP contribution in [0.25, 0.3) is 11.1 Å². The van der Waals surface area contributed by atoms with E-state index in [1.807, 2.05) is 23.6 Å². The van der Waals surface area contributed by atoms with Crippen LogP contribution in [0, 0.1) is 11.3 Å². The zero-order chi connectivity index (χ0) is 23.3. The van der Waals surface area contributed by atoms with Crippen LogP contribution in [-0.4, -0.2) is 56.2 Å². The molecular formula is C27H29N3O3S. The smallest absolute Gasteiger partial charge is 0.192 e. The molecule has 0 N–H and O–H groups in total. The van der Waals surface area contributed by atoms with E-state index in [1.54, 1.807) is 0 Å². The van der Waals surface area contributed by atoms with Crippen molar-refractivity contribution in [2.45, 2.75) is 19.6 Å². The highest BCUT2D eigenvalue weighted by Crippen LogP contribution is 2.40. The number of rotatable bonds is 6. The Labute approximate surface area is 204 Å². The van der Waals surface area contributed by atoms with Crippen LogP contribution in [0.5, 0.6) is 16.6 Å². The van der Waals surface area contributed by atoms with Crippen LogP contribution in [0.3, 0.4) is 0 Å². The molecule has 3 heterocycles. The Hall–Kier alpha value is -3.05. The monoisotopic (exact) mass is 475 g/mol. The van der Waals surface area contributed by atoms with E-state index >= 15 is 0 Å². The molecule has 0 radical (unpaired) electrons. The zero-order valence-electron chi connectivity index (χ0n) is 19.5. The van der Waals surface area contributed by atoms with Crippen LogP contribution >= 0.6 is 11.3 Å². The van der Waals surface area contributed by atoms with Crippen molar-refractivity contribution in [1.29, 1.82) is 5.26 Å². The third-order valence-corrected chi connectivity index (χ3v) is 7.22. The lowest BCUT2D eigenvalue weighted by Crippen LogP contribution is -2.28. The molecule has 0 saturated carbocycles. The van der Waals surface area contributed by atoms with Gasteiger partial charge in [0.25, 0.3) is 0 Å². The minimum absolute atomic E-state index is 0.435. The van der Waals surface area contributed by atoms with Crippen molar-refractivity contribution in [2.75, 3.05) is 46.4 Å². The van der Waals surface area contributed by atoms with Gasteiger partial charge in [0.2, 0.25) is 0 Å². The molecule has 1 aromatic heterocycles. The summed E-state index contributed by atoms with van der Waals surface area (Å²) in [7, 11) is 2.20. The zero-order valence-corrected chi connectivity index (χ0v) is 20.3. The topological polar surface area (TPSA) is 58.0 Å². The second-order valence-electron chi connectivity index (χ2n) is 8.82. The molecular weight excluding hydrogens is 446 g/mol. The first-order chi connectivity index (χ1) is 16.7. The van der Waals surface area contributed by atoms with Crippen molar-refractivity contribution in [3.8, 4) is 33.8 Å². The van der Waals surface area contributed by atoms with Gasteiger partial charge < -0.3 is 19.1 Å². The largest absolute Gasteiger partial charge is 0.486 e. The van der Waals surface area contributed by atoms with Crippen LogP contribution in [0.4, 0.5) is 0 Å². The Bertz CT molecular complexity index is 1170. The maximum Gasteiger partial charge on any atom is 0.192 e. The summed E-state index contributed by atoms with van der Waals surface area (Å²) in [5.41, 5.74) is 4.76. The second-order valence-corrected chi connectivity index (χ2v) is 9.66. The second kappa shape index (κ2) is 10.5. The minimum Gasteiger partial charge on any atom is -0.486 e. The van der Waals surface area contributed by atoms with Crippen molar-refractivity contribution in [3.05, 3.63) is 64.5 Å². The normalized spacial score (nSPS) is 16.6. The van der Waals surface area contributed by atoms with Crippen LogP contribution < -0.4 is 14.2 Å². The maximum atomic E-state index is 9.83. The summed E-state index contributed by atoms with van der Waals surface area (Å²) in [6.45, 7) is 7.08. The van der Waals surface area contributed by atoms with Gasteiger partial charge in [0.15, 0.2) is 16.6 Å². The molecule has 0 bridgehead atoms. The van der Waals surface area contributed by atoms with E-state index in [0.29, 0.717) is 36.2 Å². The predicted octanol–water partition coefficient (Wildman–Crippen LogP) is 4.77. The molecule has 1 saturated heterocycles. The Morgan fingerprint density at radius 2 is 1.76 bits per heavy atom. The Morgan fingerprint density at radius 1 is 0.971 bits per heavy atom. The highest BCUT2D eigenvalue weighted by atomic mass is 32.1. The molecule has 6 nitrogen and oxygen atoms in total. The lowest BCUT2D eigenvalue weighted by molar-refractivity contribution is 0.171. The standard InChI is InChI=1S/C27H29N3O3S/c1-29-9-2-10-30(12-11-29)17-20-3-5-21(6-4-20)18-33-27-23(16-28)24(19-34-27)22-7-8-25-26(15-22)32-14-13-31-25/h3-8,15,19H,2,9-14,17-18H2,1H3. The van der Waals surface area contributed by atoms with Gasteiger partial charge in [0, 0.05) is 30.6 Å². The molecule has 0 atom stereocenters. The van der Waals surface area contributed by atoms with Crippen molar-refractivity contribution < 1.29 is 14.2 Å². The van der Waals surface area contributed by atoms with E-state index in [0.717, 1.165) is 48.6 Å². The van der Waals surface area contributed by atoms with E-state index < -0.39 is 0 Å². The molecule has 0 unspecified atom stereocenters. The van der Waals surface area contributed by atoms with Crippen molar-refractivity contribution in [3.63, 3.8) is 0 Å². The number of nitriles is 1. The third kappa shape index (κ3) is 5.20. The van der Waals surface area contributed by atoms with Gasteiger partial charge in [0.1, 0.15) is 31.5 Å². The van der Waals surface area contributed by atoms with E-state index in [9.17, 15) is 5.26 Å². The van der Waals surface area contributed by atoms with E-state index in [2.05, 4.69) is 47.2 Å². The van der Waals surface area contributed by atoms with Crippen molar-refractivity contribution >= 4 is 11.3 Å². The number of fused-ring (bicyclic) bond motifs is 1. The molecule has 7 heteroatoms. The van der Waals surface area contributed by atoms with E-state index in [1.165, 1.54) is 29.9 Å². The number of benzene rings is 2. The average molecular weight is 476 g/mol. The van der Waals surface area contributed by atoms with Gasteiger partial charge in [-0.25, -0.2) is 0 Å². The summed E-state index contributed by atoms with van der Waals surface area (Å²) >= 11 is 1.45. The predicted molar refractivity (Wildman–Crippen MR) is 134 cm³/mol. The van der Waals surface area contributed by atoms with E-state index in [4.69, 9.17) is 14.2 Å². The molecule has 1 fully saturated rings. The minimum atomic E-state index is 0.435. The molecule has 0 amide bonds. The molecule has 2 aliphatic rings. The fraction of sp³-hybridized carbons (Fsp3) is 0.370. The van der Waals surface area contributed by atoms with Gasteiger partial charge in [-0.1, -0.05) is 30.3 Å². The first-order valence-corrected chi connectivity index (χ1v) is 12.6. The number of thiophene rings is 1. The van der Waals surface area contributed by atoms with Crippen molar-refractivity contribution in [1.82, 2.24) is 9.80 Å². The number of ether oxygens (including phenoxy) is 3. The summed E-state index contributed by atoms with van der Waals surface area (Å²) in [5.74, 6) is 1.46. The quantitative estimate of drug-likeness (QED) is 0.512. The molecule has 3 aromatic rings. The highest BCUT2D eigenvalue weighted by Gasteiger charge is 2.18.